The van der Waals surface area contributed by atoms with Crippen molar-refractivity contribution in [1.29, 1.82) is 0 Å². The molecular formula is C16H21NO5S. The molecule has 1 saturated heterocycles. The number of hydrogen-bond acceptors (Lipinski definition) is 4. The normalized spacial score (nSPS) is 22.0. The highest BCUT2D eigenvalue weighted by Crippen LogP contribution is 2.27. The molecule has 0 saturated carbocycles. The molecule has 23 heavy (non-hydrogen) atoms. The van der Waals surface area contributed by atoms with E-state index in [1.165, 1.54) is 17.0 Å². The standard InChI is InChI=1S/C16H21NO5S/c1-10-6-7-12(23(3,21)22)9-14(10)15(18)17-8-4-5-13(11(17)2)16(19)20/h6-7,9,11,13H,4-5,8H2,1-3H3,(H,19,20)/t11-,13-/m1/s1. The molecule has 2 rings (SSSR count). The molecule has 126 valence electrons. The number of aliphatic carboxylic acids is 1. The van der Waals surface area contributed by atoms with Gasteiger partial charge in [0.2, 0.25) is 0 Å². The summed E-state index contributed by atoms with van der Waals surface area (Å²) in [5.41, 5.74) is 0.984. The number of piperidine rings is 1. The molecule has 6 nitrogen and oxygen atoms in total. The van der Waals surface area contributed by atoms with Gasteiger partial charge in [-0.05, 0) is 44.4 Å². The van der Waals surface area contributed by atoms with Crippen molar-refractivity contribution in [3.63, 3.8) is 0 Å². The molecular weight excluding hydrogens is 318 g/mol. The first-order chi connectivity index (χ1) is 10.6. The Morgan fingerprint density at radius 3 is 2.52 bits per heavy atom. The van der Waals surface area contributed by atoms with Crippen LogP contribution in [-0.2, 0) is 14.6 Å². The topological polar surface area (TPSA) is 91.8 Å². The van der Waals surface area contributed by atoms with Crippen molar-refractivity contribution in [2.45, 2.75) is 37.6 Å². The fraction of sp³-hybridized carbons (Fsp3) is 0.500. The third kappa shape index (κ3) is 3.55. The Kier molecular flexibility index (Phi) is 4.79. The highest BCUT2D eigenvalue weighted by molar-refractivity contribution is 7.90. The molecule has 1 aliphatic rings. The van der Waals surface area contributed by atoms with Crippen LogP contribution < -0.4 is 0 Å². The minimum absolute atomic E-state index is 0.0888. The largest absolute Gasteiger partial charge is 0.481 e. The maximum atomic E-state index is 12.8. The molecule has 1 N–H and O–H groups in total. The first kappa shape index (κ1) is 17.5. The Hall–Kier alpha value is -1.89. The van der Waals surface area contributed by atoms with Crippen LogP contribution in [0.1, 0.15) is 35.7 Å². The van der Waals surface area contributed by atoms with Crippen LogP contribution in [0, 0.1) is 12.8 Å². The van der Waals surface area contributed by atoms with Crippen molar-refractivity contribution in [2.75, 3.05) is 12.8 Å². The molecule has 0 aliphatic carbocycles. The van der Waals surface area contributed by atoms with Crippen molar-refractivity contribution in [3.05, 3.63) is 29.3 Å². The summed E-state index contributed by atoms with van der Waals surface area (Å²) in [5.74, 6) is -1.81. The molecule has 1 aliphatic heterocycles. The highest BCUT2D eigenvalue weighted by Gasteiger charge is 2.36. The summed E-state index contributed by atoms with van der Waals surface area (Å²) in [6, 6.07) is 4.04. The number of aryl methyl sites for hydroxylation is 1. The molecule has 1 aromatic carbocycles. The summed E-state index contributed by atoms with van der Waals surface area (Å²) in [5, 5.41) is 9.27. The molecule has 0 radical (unpaired) electrons. The number of likely N-dealkylation sites (tertiary alicyclic amines) is 1. The average Bonchev–Trinajstić information content (AvgIpc) is 2.45. The van der Waals surface area contributed by atoms with E-state index >= 15 is 0 Å². The first-order valence-corrected chi connectivity index (χ1v) is 9.36. The molecule has 1 heterocycles. The van der Waals surface area contributed by atoms with Gasteiger partial charge in [0.25, 0.3) is 5.91 Å². The fourth-order valence-corrected chi connectivity index (χ4v) is 3.62. The minimum Gasteiger partial charge on any atom is -0.481 e. The van der Waals surface area contributed by atoms with Crippen molar-refractivity contribution >= 4 is 21.7 Å². The summed E-state index contributed by atoms with van der Waals surface area (Å²) in [7, 11) is -3.41. The van der Waals surface area contributed by atoms with Crippen LogP contribution in [0.4, 0.5) is 0 Å². The molecule has 1 aromatic rings. The lowest BCUT2D eigenvalue weighted by Gasteiger charge is -2.37. The van der Waals surface area contributed by atoms with Gasteiger partial charge in [0.15, 0.2) is 9.84 Å². The number of benzene rings is 1. The van der Waals surface area contributed by atoms with Crippen molar-refractivity contribution in [1.82, 2.24) is 4.90 Å². The zero-order valence-corrected chi connectivity index (χ0v) is 14.3. The number of sulfone groups is 1. The fourth-order valence-electron chi connectivity index (χ4n) is 2.98. The maximum Gasteiger partial charge on any atom is 0.308 e. The number of carboxylic acid groups (broad SMARTS) is 1. The molecule has 7 heteroatoms. The van der Waals surface area contributed by atoms with Gasteiger partial charge in [-0.1, -0.05) is 6.07 Å². The van der Waals surface area contributed by atoms with Crippen LogP contribution in [0.15, 0.2) is 23.1 Å². The lowest BCUT2D eigenvalue weighted by Crippen LogP contribution is -2.49. The number of rotatable bonds is 3. The molecule has 0 aromatic heterocycles. The van der Waals surface area contributed by atoms with Gasteiger partial charge in [-0.3, -0.25) is 9.59 Å². The Morgan fingerprint density at radius 2 is 1.96 bits per heavy atom. The predicted octanol–water partition coefficient (Wildman–Crippen LogP) is 1.72. The van der Waals surface area contributed by atoms with E-state index in [1.807, 2.05) is 0 Å². The van der Waals surface area contributed by atoms with E-state index in [4.69, 9.17) is 0 Å². The number of carbonyl (C=O) groups excluding carboxylic acids is 1. The molecule has 0 bridgehead atoms. The van der Waals surface area contributed by atoms with Gasteiger partial charge in [0.1, 0.15) is 0 Å². The summed E-state index contributed by atoms with van der Waals surface area (Å²) in [6.07, 6.45) is 2.26. The van der Waals surface area contributed by atoms with E-state index < -0.39 is 27.8 Å². The average molecular weight is 339 g/mol. The Morgan fingerprint density at radius 1 is 1.30 bits per heavy atom. The van der Waals surface area contributed by atoms with E-state index in [1.54, 1.807) is 19.9 Å². The van der Waals surface area contributed by atoms with Crippen LogP contribution in [0.3, 0.4) is 0 Å². The van der Waals surface area contributed by atoms with Gasteiger partial charge in [0.05, 0.1) is 10.8 Å². The van der Waals surface area contributed by atoms with Gasteiger partial charge in [0, 0.05) is 24.4 Å². The summed E-state index contributed by atoms with van der Waals surface area (Å²) < 4.78 is 23.4. The number of carbonyl (C=O) groups is 2. The second kappa shape index (κ2) is 6.31. The van der Waals surface area contributed by atoms with Crippen LogP contribution in [0.5, 0.6) is 0 Å². The Bertz CT molecular complexity index is 741. The third-order valence-corrected chi connectivity index (χ3v) is 5.54. The molecule has 1 amide bonds. The van der Waals surface area contributed by atoms with Crippen molar-refractivity contribution in [2.24, 2.45) is 5.92 Å². The van der Waals surface area contributed by atoms with E-state index in [2.05, 4.69) is 0 Å². The number of hydrogen-bond donors (Lipinski definition) is 1. The lowest BCUT2D eigenvalue weighted by atomic mass is 9.89. The van der Waals surface area contributed by atoms with Crippen molar-refractivity contribution < 1.29 is 23.1 Å². The van der Waals surface area contributed by atoms with Gasteiger partial charge < -0.3 is 10.0 Å². The smallest absolute Gasteiger partial charge is 0.308 e. The Labute approximate surface area is 136 Å². The SMILES string of the molecule is Cc1ccc(S(C)(=O)=O)cc1C(=O)N1CCC[C@@H](C(=O)O)[C@H]1C. The van der Waals surface area contributed by atoms with Gasteiger partial charge in [-0.15, -0.1) is 0 Å². The second-order valence-corrected chi connectivity index (χ2v) is 8.09. The van der Waals surface area contributed by atoms with Crippen LogP contribution in [0.25, 0.3) is 0 Å². The number of amides is 1. The van der Waals surface area contributed by atoms with Gasteiger partial charge in [-0.25, -0.2) is 8.42 Å². The summed E-state index contributed by atoms with van der Waals surface area (Å²) >= 11 is 0. The van der Waals surface area contributed by atoms with Crippen LogP contribution >= 0.6 is 0 Å². The van der Waals surface area contributed by atoms with Crippen molar-refractivity contribution in [3.8, 4) is 0 Å². The van der Waals surface area contributed by atoms with E-state index in [0.29, 0.717) is 30.5 Å². The molecule has 0 unspecified atom stereocenters. The predicted molar refractivity (Wildman–Crippen MR) is 85.1 cm³/mol. The maximum absolute atomic E-state index is 12.8. The zero-order valence-electron chi connectivity index (χ0n) is 13.4. The third-order valence-electron chi connectivity index (χ3n) is 4.43. The van der Waals surface area contributed by atoms with E-state index in [0.717, 1.165) is 6.26 Å². The van der Waals surface area contributed by atoms with Gasteiger partial charge >= 0.3 is 5.97 Å². The second-order valence-electron chi connectivity index (χ2n) is 6.08. The Balaban J connectivity index is 2.38. The lowest BCUT2D eigenvalue weighted by molar-refractivity contribution is -0.144. The molecule has 0 spiro atoms. The first-order valence-electron chi connectivity index (χ1n) is 7.47. The van der Waals surface area contributed by atoms with E-state index in [9.17, 15) is 23.1 Å². The zero-order chi connectivity index (χ0) is 17.4. The minimum atomic E-state index is -3.41. The number of nitrogens with zero attached hydrogens (tertiary/aromatic N) is 1. The molecule has 2 atom stereocenters. The summed E-state index contributed by atoms with van der Waals surface area (Å²) in [6.45, 7) is 3.94. The van der Waals surface area contributed by atoms with Crippen LogP contribution in [-0.4, -0.2) is 49.1 Å². The monoisotopic (exact) mass is 339 g/mol. The van der Waals surface area contributed by atoms with Crippen LogP contribution in [0.2, 0.25) is 0 Å². The molecule has 1 fully saturated rings. The summed E-state index contributed by atoms with van der Waals surface area (Å²) in [4.78, 5) is 25.7. The number of carboxylic acids is 1. The van der Waals surface area contributed by atoms with E-state index in [-0.39, 0.29) is 10.8 Å². The quantitative estimate of drug-likeness (QED) is 0.905. The van der Waals surface area contributed by atoms with Gasteiger partial charge in [-0.2, -0.15) is 0 Å². The highest BCUT2D eigenvalue weighted by atomic mass is 32.2.